The first-order valence-corrected chi connectivity index (χ1v) is 7.40. The van der Waals surface area contributed by atoms with Crippen molar-refractivity contribution in [2.75, 3.05) is 6.54 Å². The van der Waals surface area contributed by atoms with E-state index in [4.69, 9.17) is 4.42 Å². The molecule has 1 unspecified atom stereocenters. The summed E-state index contributed by atoms with van der Waals surface area (Å²) in [5, 5.41) is 3.61. The average Bonchev–Trinajstić information content (AvgIpc) is 2.92. The van der Waals surface area contributed by atoms with E-state index < -0.39 is 0 Å². The number of hydrogen-bond donors (Lipinski definition) is 1. The van der Waals surface area contributed by atoms with Crippen molar-refractivity contribution in [1.29, 1.82) is 0 Å². The maximum atomic E-state index is 5.65. The van der Waals surface area contributed by atoms with Crippen molar-refractivity contribution in [3.8, 4) is 0 Å². The van der Waals surface area contributed by atoms with Crippen LogP contribution in [0, 0.1) is 0 Å². The minimum atomic E-state index is 0.120. The summed E-state index contributed by atoms with van der Waals surface area (Å²) in [5.41, 5.74) is 2.79. The number of benzene rings is 1. The van der Waals surface area contributed by atoms with E-state index in [1.165, 1.54) is 11.1 Å². The molecule has 0 spiro atoms. The molecule has 2 rings (SSSR count). The fourth-order valence-electron chi connectivity index (χ4n) is 2.54. The molecule has 1 N–H and O–H groups in total. The molecule has 1 heterocycles. The van der Waals surface area contributed by atoms with Gasteiger partial charge in [0.1, 0.15) is 5.76 Å². The summed E-state index contributed by atoms with van der Waals surface area (Å²) in [6, 6.07) is 12.8. The fraction of sp³-hybridized carbons (Fsp3) is 0.444. The molecule has 108 valence electrons. The van der Waals surface area contributed by atoms with E-state index in [1.54, 1.807) is 6.26 Å². The lowest BCUT2D eigenvalue weighted by molar-refractivity contribution is 0.440. The van der Waals surface area contributed by atoms with Crippen LogP contribution in [0.1, 0.15) is 57.0 Å². The van der Waals surface area contributed by atoms with E-state index in [0.29, 0.717) is 0 Å². The zero-order valence-electron chi connectivity index (χ0n) is 12.9. The summed E-state index contributed by atoms with van der Waals surface area (Å²) in [6.45, 7) is 9.92. The average molecular weight is 271 g/mol. The SMILES string of the molecule is CCCNC(c1ccco1)c1ccccc1C(C)(C)C. The van der Waals surface area contributed by atoms with E-state index >= 15 is 0 Å². The zero-order chi connectivity index (χ0) is 14.6. The van der Waals surface area contributed by atoms with Gasteiger partial charge < -0.3 is 9.73 Å². The predicted octanol–water partition coefficient (Wildman–Crippen LogP) is 4.67. The highest BCUT2D eigenvalue weighted by molar-refractivity contribution is 5.38. The third-order valence-electron chi connectivity index (χ3n) is 3.51. The molecule has 0 bridgehead atoms. The molecule has 0 aliphatic carbocycles. The monoisotopic (exact) mass is 271 g/mol. The van der Waals surface area contributed by atoms with E-state index in [2.05, 4.69) is 57.3 Å². The molecule has 2 nitrogen and oxygen atoms in total. The Morgan fingerprint density at radius 3 is 2.45 bits per heavy atom. The molecule has 0 saturated heterocycles. The zero-order valence-corrected chi connectivity index (χ0v) is 12.9. The van der Waals surface area contributed by atoms with Crippen LogP contribution >= 0.6 is 0 Å². The van der Waals surface area contributed by atoms with Crippen molar-refractivity contribution in [2.24, 2.45) is 0 Å². The van der Waals surface area contributed by atoms with Crippen molar-refractivity contribution < 1.29 is 4.42 Å². The summed E-state index contributed by atoms with van der Waals surface area (Å²) in [6.07, 6.45) is 2.85. The second kappa shape index (κ2) is 6.27. The molecule has 0 fully saturated rings. The molecule has 2 aromatic rings. The maximum absolute atomic E-state index is 5.65. The topological polar surface area (TPSA) is 25.2 Å². The lowest BCUT2D eigenvalue weighted by atomic mass is 9.81. The van der Waals surface area contributed by atoms with E-state index in [-0.39, 0.29) is 11.5 Å². The van der Waals surface area contributed by atoms with Gasteiger partial charge in [0.2, 0.25) is 0 Å². The van der Waals surface area contributed by atoms with Gasteiger partial charge in [-0.3, -0.25) is 0 Å². The lowest BCUT2D eigenvalue weighted by Crippen LogP contribution is -2.26. The van der Waals surface area contributed by atoms with Gasteiger partial charge in [0, 0.05) is 0 Å². The van der Waals surface area contributed by atoms with Crippen LogP contribution in [0.2, 0.25) is 0 Å². The van der Waals surface area contributed by atoms with Crippen LogP contribution in [-0.2, 0) is 5.41 Å². The molecule has 0 radical (unpaired) electrons. The summed E-state index contributed by atoms with van der Waals surface area (Å²) >= 11 is 0. The fourth-order valence-corrected chi connectivity index (χ4v) is 2.54. The maximum Gasteiger partial charge on any atom is 0.125 e. The van der Waals surface area contributed by atoms with Crippen LogP contribution in [0.4, 0.5) is 0 Å². The molecular formula is C18H25NO. The number of nitrogens with one attached hydrogen (secondary N) is 1. The number of hydrogen-bond acceptors (Lipinski definition) is 2. The predicted molar refractivity (Wildman–Crippen MR) is 84.0 cm³/mol. The molecule has 0 aliphatic rings. The smallest absolute Gasteiger partial charge is 0.125 e. The molecule has 0 amide bonds. The van der Waals surface area contributed by atoms with Crippen molar-refractivity contribution in [3.05, 3.63) is 59.5 Å². The minimum absolute atomic E-state index is 0.120. The quantitative estimate of drug-likeness (QED) is 0.855. The molecule has 1 atom stereocenters. The first-order valence-electron chi connectivity index (χ1n) is 7.40. The van der Waals surface area contributed by atoms with Crippen molar-refractivity contribution in [1.82, 2.24) is 5.32 Å². The van der Waals surface area contributed by atoms with Gasteiger partial charge in [0.05, 0.1) is 12.3 Å². The van der Waals surface area contributed by atoms with E-state index in [0.717, 1.165) is 18.7 Å². The summed E-state index contributed by atoms with van der Waals surface area (Å²) in [5.74, 6) is 0.982. The van der Waals surface area contributed by atoms with Gasteiger partial charge in [-0.15, -0.1) is 0 Å². The van der Waals surface area contributed by atoms with Crippen LogP contribution in [-0.4, -0.2) is 6.54 Å². The van der Waals surface area contributed by atoms with E-state index in [9.17, 15) is 0 Å². The summed E-state index contributed by atoms with van der Waals surface area (Å²) in [7, 11) is 0. The highest BCUT2D eigenvalue weighted by atomic mass is 16.3. The van der Waals surface area contributed by atoms with Gasteiger partial charge in [-0.1, -0.05) is 52.0 Å². The van der Waals surface area contributed by atoms with Gasteiger partial charge in [-0.25, -0.2) is 0 Å². The Labute approximate surface area is 122 Å². The van der Waals surface area contributed by atoms with Crippen LogP contribution in [0.15, 0.2) is 47.1 Å². The standard InChI is InChI=1S/C18H25NO/c1-5-12-19-17(16-11-8-13-20-16)14-9-6-7-10-15(14)18(2,3)4/h6-11,13,17,19H,5,12H2,1-4H3. The van der Waals surface area contributed by atoms with Gasteiger partial charge in [0.25, 0.3) is 0 Å². The molecule has 2 heteroatoms. The Morgan fingerprint density at radius 1 is 1.10 bits per heavy atom. The van der Waals surface area contributed by atoms with Gasteiger partial charge in [0.15, 0.2) is 0 Å². The van der Waals surface area contributed by atoms with E-state index in [1.807, 2.05) is 12.1 Å². The summed E-state index contributed by atoms with van der Waals surface area (Å²) in [4.78, 5) is 0. The van der Waals surface area contributed by atoms with Crippen molar-refractivity contribution in [2.45, 2.75) is 45.6 Å². The number of furan rings is 1. The van der Waals surface area contributed by atoms with Crippen molar-refractivity contribution >= 4 is 0 Å². The number of rotatable bonds is 5. The minimum Gasteiger partial charge on any atom is -0.467 e. The Balaban J connectivity index is 2.44. The second-order valence-corrected chi connectivity index (χ2v) is 6.24. The van der Waals surface area contributed by atoms with Gasteiger partial charge >= 0.3 is 0 Å². The highest BCUT2D eigenvalue weighted by Gasteiger charge is 2.24. The first-order chi connectivity index (χ1) is 9.54. The van der Waals surface area contributed by atoms with Crippen LogP contribution in [0.25, 0.3) is 0 Å². The molecular weight excluding hydrogens is 246 g/mol. The van der Waals surface area contributed by atoms with Gasteiger partial charge in [-0.05, 0) is 41.6 Å². The van der Waals surface area contributed by atoms with Crippen LogP contribution < -0.4 is 5.32 Å². The molecule has 1 aromatic heterocycles. The van der Waals surface area contributed by atoms with Gasteiger partial charge in [-0.2, -0.15) is 0 Å². The Morgan fingerprint density at radius 2 is 1.85 bits per heavy atom. The van der Waals surface area contributed by atoms with Crippen LogP contribution in [0.5, 0.6) is 0 Å². The van der Waals surface area contributed by atoms with Crippen LogP contribution in [0.3, 0.4) is 0 Å². The molecule has 0 aliphatic heterocycles. The normalized spacial score (nSPS) is 13.4. The first kappa shape index (κ1) is 14.9. The van der Waals surface area contributed by atoms with Crippen molar-refractivity contribution in [3.63, 3.8) is 0 Å². The third-order valence-corrected chi connectivity index (χ3v) is 3.51. The Kier molecular flexibility index (Phi) is 4.66. The third kappa shape index (κ3) is 3.31. The molecule has 0 saturated carbocycles. The largest absolute Gasteiger partial charge is 0.467 e. The second-order valence-electron chi connectivity index (χ2n) is 6.24. The Hall–Kier alpha value is -1.54. The highest BCUT2D eigenvalue weighted by Crippen LogP contribution is 2.32. The summed E-state index contributed by atoms with van der Waals surface area (Å²) < 4.78 is 5.65. The molecule has 20 heavy (non-hydrogen) atoms. The lowest BCUT2D eigenvalue weighted by Gasteiger charge is -2.27. The molecule has 1 aromatic carbocycles. The Bertz CT molecular complexity index is 523.